The first-order valence-corrected chi connectivity index (χ1v) is 13.1. The normalized spacial score (nSPS) is 12.1. The highest BCUT2D eigenvalue weighted by Gasteiger charge is 2.26. The quantitative estimate of drug-likeness (QED) is 0.342. The Morgan fingerprint density at radius 1 is 1.09 bits per heavy atom. The average Bonchev–Trinajstić information content (AvgIpc) is 3.46. The van der Waals surface area contributed by atoms with Crippen molar-refractivity contribution in [2.45, 2.75) is 45.2 Å². The maximum absolute atomic E-state index is 13.6. The zero-order valence-corrected chi connectivity index (χ0v) is 21.4. The first kappa shape index (κ1) is 24.1. The first-order valence-electron chi connectivity index (χ1n) is 10.9. The number of thiazole rings is 1. The summed E-state index contributed by atoms with van der Waals surface area (Å²) in [6.07, 6.45) is 1.56. The van der Waals surface area contributed by atoms with E-state index in [1.165, 1.54) is 27.8 Å². The van der Waals surface area contributed by atoms with E-state index < -0.39 is 10.0 Å². The number of carbonyl (C=O) groups is 1. The standard InChI is InChI=1S/C25H27N3O4S2/c1-16(2)27(5)34(30,31)21-10-8-19(9-11-21)24(29)28(15-20-7-6-12-32-20)25-26-22-13-17(3)18(4)14-23(22)33-25/h6-14,16H,15H2,1-5H3. The van der Waals surface area contributed by atoms with Crippen LogP contribution in [0.3, 0.4) is 0 Å². The summed E-state index contributed by atoms with van der Waals surface area (Å²) in [7, 11) is -2.09. The molecule has 2 aromatic heterocycles. The molecule has 178 valence electrons. The lowest BCUT2D eigenvalue weighted by Gasteiger charge is -2.21. The Labute approximate surface area is 203 Å². The Kier molecular flexibility index (Phi) is 6.62. The molecular formula is C25H27N3O4S2. The highest BCUT2D eigenvalue weighted by Crippen LogP contribution is 2.32. The molecule has 0 spiro atoms. The summed E-state index contributed by atoms with van der Waals surface area (Å²) in [5.74, 6) is 0.336. The van der Waals surface area contributed by atoms with E-state index in [9.17, 15) is 13.2 Å². The molecular weight excluding hydrogens is 470 g/mol. The molecule has 0 atom stereocenters. The smallest absolute Gasteiger partial charge is 0.260 e. The molecule has 0 N–H and O–H groups in total. The molecule has 9 heteroatoms. The number of furan rings is 1. The number of nitrogens with zero attached hydrogens (tertiary/aromatic N) is 3. The number of hydrogen-bond acceptors (Lipinski definition) is 6. The molecule has 1 amide bonds. The van der Waals surface area contributed by atoms with Gasteiger partial charge in [0.1, 0.15) is 5.76 Å². The van der Waals surface area contributed by atoms with Crippen molar-refractivity contribution in [3.63, 3.8) is 0 Å². The molecule has 0 radical (unpaired) electrons. The van der Waals surface area contributed by atoms with Crippen molar-refractivity contribution in [1.82, 2.24) is 9.29 Å². The topological polar surface area (TPSA) is 83.7 Å². The van der Waals surface area contributed by atoms with Crippen molar-refractivity contribution in [1.29, 1.82) is 0 Å². The van der Waals surface area contributed by atoms with E-state index in [0.29, 0.717) is 16.5 Å². The van der Waals surface area contributed by atoms with Crippen LogP contribution in [0, 0.1) is 13.8 Å². The summed E-state index contributed by atoms with van der Waals surface area (Å²) in [5.41, 5.74) is 3.49. The zero-order valence-electron chi connectivity index (χ0n) is 19.8. The molecule has 34 heavy (non-hydrogen) atoms. The number of sulfonamides is 1. The monoisotopic (exact) mass is 497 g/mol. The SMILES string of the molecule is Cc1cc2nc(N(Cc3ccco3)C(=O)c3ccc(S(=O)(=O)N(C)C(C)C)cc3)sc2cc1C. The van der Waals surface area contributed by atoms with Gasteiger partial charge in [-0.15, -0.1) is 0 Å². The van der Waals surface area contributed by atoms with Crippen molar-refractivity contribution in [2.75, 3.05) is 11.9 Å². The Bertz CT molecular complexity index is 1380. The van der Waals surface area contributed by atoms with Crippen LogP contribution in [0.15, 0.2) is 64.1 Å². The Hall–Kier alpha value is -3.01. The number of carbonyl (C=O) groups excluding carboxylic acids is 1. The van der Waals surface area contributed by atoms with Gasteiger partial charge in [-0.1, -0.05) is 11.3 Å². The number of benzene rings is 2. The van der Waals surface area contributed by atoms with Crippen LogP contribution >= 0.6 is 11.3 Å². The maximum Gasteiger partial charge on any atom is 0.260 e. The van der Waals surface area contributed by atoms with E-state index in [2.05, 4.69) is 6.07 Å². The zero-order chi connectivity index (χ0) is 24.6. The lowest BCUT2D eigenvalue weighted by atomic mass is 10.1. The van der Waals surface area contributed by atoms with Gasteiger partial charge >= 0.3 is 0 Å². The second-order valence-electron chi connectivity index (χ2n) is 8.51. The highest BCUT2D eigenvalue weighted by molar-refractivity contribution is 7.89. The van der Waals surface area contributed by atoms with E-state index in [0.717, 1.165) is 21.3 Å². The van der Waals surface area contributed by atoms with Crippen molar-refractivity contribution >= 4 is 42.6 Å². The Morgan fingerprint density at radius 2 is 1.76 bits per heavy atom. The third kappa shape index (κ3) is 4.64. The van der Waals surface area contributed by atoms with Gasteiger partial charge in [-0.2, -0.15) is 4.31 Å². The van der Waals surface area contributed by atoms with E-state index in [-0.39, 0.29) is 23.4 Å². The summed E-state index contributed by atoms with van der Waals surface area (Å²) in [4.78, 5) is 20.0. The second-order valence-corrected chi connectivity index (χ2v) is 11.5. The van der Waals surface area contributed by atoms with Crippen molar-refractivity contribution in [2.24, 2.45) is 0 Å². The fourth-order valence-electron chi connectivity index (χ4n) is 3.44. The van der Waals surface area contributed by atoms with Crippen LogP contribution in [-0.2, 0) is 16.6 Å². The summed E-state index contributed by atoms with van der Waals surface area (Å²) in [5, 5.41) is 0.553. The molecule has 0 bridgehead atoms. The number of fused-ring (bicyclic) bond motifs is 1. The molecule has 7 nitrogen and oxygen atoms in total. The molecule has 0 saturated carbocycles. The number of anilines is 1. The molecule has 0 saturated heterocycles. The second kappa shape index (κ2) is 9.32. The first-order chi connectivity index (χ1) is 16.1. The van der Waals surface area contributed by atoms with Gasteiger partial charge in [0.05, 0.1) is 27.9 Å². The predicted octanol–water partition coefficient (Wildman–Crippen LogP) is 5.38. The van der Waals surface area contributed by atoms with Crippen LogP contribution in [0.2, 0.25) is 0 Å². The molecule has 0 aliphatic carbocycles. The minimum atomic E-state index is -3.64. The van der Waals surface area contributed by atoms with E-state index in [1.807, 2.05) is 33.8 Å². The Morgan fingerprint density at radius 3 is 2.38 bits per heavy atom. The third-order valence-corrected chi connectivity index (χ3v) is 8.96. The summed E-state index contributed by atoms with van der Waals surface area (Å²) < 4.78 is 33.4. The van der Waals surface area contributed by atoms with Crippen molar-refractivity contribution in [3.05, 3.63) is 77.2 Å². The fraction of sp³-hybridized carbons (Fsp3) is 0.280. The van der Waals surface area contributed by atoms with Gasteiger partial charge in [0, 0.05) is 18.7 Å². The number of aryl methyl sites for hydroxylation is 2. The van der Waals surface area contributed by atoms with Gasteiger partial charge in [-0.05, 0) is 87.4 Å². The van der Waals surface area contributed by atoms with Crippen LogP contribution < -0.4 is 4.90 Å². The van der Waals surface area contributed by atoms with Gasteiger partial charge in [0.2, 0.25) is 10.0 Å². The summed E-state index contributed by atoms with van der Waals surface area (Å²) >= 11 is 1.44. The summed E-state index contributed by atoms with van der Waals surface area (Å²) in [6, 6.07) is 13.5. The molecule has 0 unspecified atom stereocenters. The van der Waals surface area contributed by atoms with Gasteiger partial charge in [-0.3, -0.25) is 9.69 Å². The number of amides is 1. The predicted molar refractivity (Wildman–Crippen MR) is 135 cm³/mol. The van der Waals surface area contributed by atoms with Gasteiger partial charge < -0.3 is 4.42 Å². The van der Waals surface area contributed by atoms with Crippen LogP contribution in [0.25, 0.3) is 10.2 Å². The van der Waals surface area contributed by atoms with Gasteiger partial charge in [-0.25, -0.2) is 13.4 Å². The van der Waals surface area contributed by atoms with E-state index in [4.69, 9.17) is 9.40 Å². The molecule has 4 aromatic rings. The molecule has 4 rings (SSSR count). The molecule has 0 aliphatic rings. The van der Waals surface area contributed by atoms with Gasteiger partial charge in [0.15, 0.2) is 5.13 Å². The van der Waals surface area contributed by atoms with E-state index >= 15 is 0 Å². The summed E-state index contributed by atoms with van der Waals surface area (Å²) in [6.45, 7) is 7.91. The fourth-order valence-corrected chi connectivity index (χ4v) is 5.85. The molecule has 0 aliphatic heterocycles. The number of aromatic nitrogens is 1. The molecule has 2 aromatic carbocycles. The lowest BCUT2D eigenvalue weighted by Crippen LogP contribution is -2.33. The lowest BCUT2D eigenvalue weighted by molar-refractivity contribution is 0.0983. The molecule has 0 fully saturated rings. The average molecular weight is 498 g/mol. The minimum absolute atomic E-state index is 0.142. The van der Waals surface area contributed by atoms with Crippen LogP contribution in [-0.4, -0.2) is 36.7 Å². The largest absolute Gasteiger partial charge is 0.467 e. The maximum atomic E-state index is 13.6. The van der Waals surface area contributed by atoms with Crippen molar-refractivity contribution < 1.29 is 17.6 Å². The third-order valence-electron chi connectivity index (χ3n) is 5.87. The van der Waals surface area contributed by atoms with Crippen LogP contribution in [0.5, 0.6) is 0 Å². The van der Waals surface area contributed by atoms with Crippen LogP contribution in [0.4, 0.5) is 5.13 Å². The number of hydrogen-bond donors (Lipinski definition) is 0. The van der Waals surface area contributed by atoms with Crippen molar-refractivity contribution in [3.8, 4) is 0 Å². The Balaban J connectivity index is 1.70. The van der Waals surface area contributed by atoms with Crippen LogP contribution in [0.1, 0.15) is 41.1 Å². The minimum Gasteiger partial charge on any atom is -0.467 e. The van der Waals surface area contributed by atoms with Gasteiger partial charge in [0.25, 0.3) is 5.91 Å². The highest BCUT2D eigenvalue weighted by atomic mass is 32.2. The number of rotatable bonds is 7. The molecule has 2 heterocycles. The van der Waals surface area contributed by atoms with E-state index in [1.54, 1.807) is 42.5 Å².